The number of fused-ring (bicyclic) bond motifs is 6. The van der Waals surface area contributed by atoms with E-state index in [0.717, 1.165) is 7.28 Å². The standard InChI is InChI=1S/C20H13BS/c1-3-7-15-13(5-1)9-11-17-19(15)22-20-16-8-4-2-6-14(16)10-12-18(20)21-17/h1-12,21H. The molecule has 102 valence electrons. The quantitative estimate of drug-likeness (QED) is 0.391. The van der Waals surface area contributed by atoms with E-state index in [-0.39, 0.29) is 0 Å². The molecule has 0 amide bonds. The van der Waals surface area contributed by atoms with Crippen molar-refractivity contribution in [3.63, 3.8) is 0 Å². The Morgan fingerprint density at radius 1 is 0.545 bits per heavy atom. The highest BCUT2D eigenvalue weighted by Crippen LogP contribution is 2.37. The lowest BCUT2D eigenvalue weighted by atomic mass is 9.63. The number of hydrogen-bond acceptors (Lipinski definition) is 1. The van der Waals surface area contributed by atoms with Gasteiger partial charge in [-0.15, -0.1) is 0 Å². The second-order valence-electron chi connectivity index (χ2n) is 5.83. The van der Waals surface area contributed by atoms with Crippen molar-refractivity contribution in [3.05, 3.63) is 72.8 Å². The van der Waals surface area contributed by atoms with E-state index in [2.05, 4.69) is 72.8 Å². The van der Waals surface area contributed by atoms with E-state index in [1.807, 2.05) is 11.8 Å². The van der Waals surface area contributed by atoms with Crippen molar-refractivity contribution in [1.29, 1.82) is 0 Å². The van der Waals surface area contributed by atoms with Gasteiger partial charge in [0.05, 0.1) is 0 Å². The van der Waals surface area contributed by atoms with Crippen LogP contribution in [0.2, 0.25) is 0 Å². The van der Waals surface area contributed by atoms with Gasteiger partial charge in [0.25, 0.3) is 0 Å². The molecule has 1 aliphatic heterocycles. The Bertz CT molecular complexity index is 953. The van der Waals surface area contributed by atoms with Gasteiger partial charge < -0.3 is 0 Å². The molecule has 0 aliphatic carbocycles. The Morgan fingerprint density at radius 3 is 1.59 bits per heavy atom. The summed E-state index contributed by atoms with van der Waals surface area (Å²) in [6, 6.07) is 26.5. The highest BCUT2D eigenvalue weighted by Gasteiger charge is 2.20. The lowest BCUT2D eigenvalue weighted by Gasteiger charge is -2.21. The van der Waals surface area contributed by atoms with Gasteiger partial charge in [-0.2, -0.15) is 0 Å². The maximum Gasteiger partial charge on any atom is 0.195 e. The highest BCUT2D eigenvalue weighted by atomic mass is 32.2. The van der Waals surface area contributed by atoms with Crippen molar-refractivity contribution in [3.8, 4) is 0 Å². The molecule has 4 aromatic carbocycles. The van der Waals surface area contributed by atoms with Crippen molar-refractivity contribution in [1.82, 2.24) is 0 Å². The fraction of sp³-hybridized carbons (Fsp3) is 0. The first-order valence-corrected chi connectivity index (χ1v) is 8.41. The predicted molar refractivity (Wildman–Crippen MR) is 98.4 cm³/mol. The minimum absolute atomic E-state index is 1.04. The van der Waals surface area contributed by atoms with Gasteiger partial charge in [0, 0.05) is 9.79 Å². The van der Waals surface area contributed by atoms with Crippen LogP contribution in [0, 0.1) is 0 Å². The monoisotopic (exact) mass is 296 g/mol. The first-order chi connectivity index (χ1) is 10.9. The van der Waals surface area contributed by atoms with Gasteiger partial charge in [0.2, 0.25) is 0 Å². The molecule has 0 spiro atoms. The van der Waals surface area contributed by atoms with Gasteiger partial charge in [0.1, 0.15) is 0 Å². The largest absolute Gasteiger partial charge is 0.195 e. The van der Waals surface area contributed by atoms with E-state index in [9.17, 15) is 0 Å². The Hall–Kier alpha value is -2.19. The fourth-order valence-electron chi connectivity index (χ4n) is 3.40. The summed E-state index contributed by atoms with van der Waals surface area (Å²) in [5.74, 6) is 0. The molecule has 0 saturated carbocycles. The van der Waals surface area contributed by atoms with Crippen molar-refractivity contribution in [2.75, 3.05) is 0 Å². The van der Waals surface area contributed by atoms with E-state index in [1.54, 1.807) is 0 Å². The number of hydrogen-bond donors (Lipinski definition) is 0. The number of rotatable bonds is 0. The first kappa shape index (κ1) is 12.4. The van der Waals surface area contributed by atoms with Crippen molar-refractivity contribution < 1.29 is 0 Å². The van der Waals surface area contributed by atoms with E-state index in [1.165, 1.54) is 42.3 Å². The summed E-state index contributed by atoms with van der Waals surface area (Å²) in [6.07, 6.45) is 0. The molecule has 0 radical (unpaired) electrons. The molecule has 0 nitrogen and oxygen atoms in total. The zero-order valence-electron chi connectivity index (χ0n) is 12.0. The highest BCUT2D eigenvalue weighted by molar-refractivity contribution is 8.00. The molecule has 0 saturated heterocycles. The molecular weight excluding hydrogens is 283 g/mol. The summed E-state index contributed by atoms with van der Waals surface area (Å²) in [5.41, 5.74) is 2.90. The number of benzene rings is 4. The maximum absolute atomic E-state index is 2.29. The summed E-state index contributed by atoms with van der Waals surface area (Å²) >= 11 is 1.94. The van der Waals surface area contributed by atoms with Gasteiger partial charge in [-0.1, -0.05) is 95.5 Å². The molecule has 0 unspecified atom stereocenters. The molecular formula is C20H13BS. The van der Waals surface area contributed by atoms with Crippen LogP contribution in [0.25, 0.3) is 21.5 Å². The van der Waals surface area contributed by atoms with Crippen LogP contribution < -0.4 is 10.9 Å². The molecule has 0 aromatic heterocycles. The molecule has 5 rings (SSSR count). The molecule has 0 bridgehead atoms. The van der Waals surface area contributed by atoms with Gasteiger partial charge in [-0.25, -0.2) is 0 Å². The average molecular weight is 296 g/mol. The van der Waals surface area contributed by atoms with Crippen LogP contribution in [0.3, 0.4) is 0 Å². The van der Waals surface area contributed by atoms with Crippen molar-refractivity contribution in [2.45, 2.75) is 9.79 Å². The smallest absolute Gasteiger partial charge is 0.0899 e. The van der Waals surface area contributed by atoms with E-state index < -0.39 is 0 Å². The molecule has 1 aliphatic rings. The van der Waals surface area contributed by atoms with Crippen molar-refractivity contribution in [2.24, 2.45) is 0 Å². The van der Waals surface area contributed by atoms with E-state index in [4.69, 9.17) is 0 Å². The van der Waals surface area contributed by atoms with Crippen LogP contribution in [0.1, 0.15) is 0 Å². The second-order valence-corrected chi connectivity index (χ2v) is 6.85. The molecule has 1 heterocycles. The van der Waals surface area contributed by atoms with Crippen LogP contribution in [0.4, 0.5) is 0 Å². The summed E-state index contributed by atoms with van der Waals surface area (Å²) in [5, 5.41) is 5.42. The summed E-state index contributed by atoms with van der Waals surface area (Å²) in [6.45, 7) is 0. The Kier molecular flexibility index (Phi) is 2.62. The van der Waals surface area contributed by atoms with Crippen LogP contribution in [0.5, 0.6) is 0 Å². The topological polar surface area (TPSA) is 0 Å². The average Bonchev–Trinajstić information content (AvgIpc) is 2.60. The molecule has 0 atom stereocenters. The third kappa shape index (κ3) is 1.74. The van der Waals surface area contributed by atoms with E-state index in [0.29, 0.717) is 0 Å². The van der Waals surface area contributed by atoms with Crippen LogP contribution in [-0.2, 0) is 0 Å². The maximum atomic E-state index is 2.29. The van der Waals surface area contributed by atoms with Gasteiger partial charge >= 0.3 is 0 Å². The fourth-order valence-corrected chi connectivity index (χ4v) is 4.74. The van der Waals surface area contributed by atoms with E-state index >= 15 is 0 Å². The SMILES string of the molecule is B1c2ccc3ccccc3c2Sc2c1ccc1ccccc21. The van der Waals surface area contributed by atoms with Crippen LogP contribution in [0.15, 0.2) is 82.6 Å². The third-order valence-electron chi connectivity index (χ3n) is 4.51. The molecule has 22 heavy (non-hydrogen) atoms. The molecule has 2 heteroatoms. The summed E-state index contributed by atoms with van der Waals surface area (Å²) < 4.78 is 0. The molecule has 4 aromatic rings. The minimum Gasteiger partial charge on any atom is -0.0899 e. The first-order valence-electron chi connectivity index (χ1n) is 7.59. The lowest BCUT2D eigenvalue weighted by molar-refractivity contribution is 1.52. The zero-order chi connectivity index (χ0) is 14.5. The Balaban J connectivity index is 1.80. The normalized spacial score (nSPS) is 12.7. The summed E-state index contributed by atoms with van der Waals surface area (Å²) in [4.78, 5) is 2.86. The Morgan fingerprint density at radius 2 is 1.05 bits per heavy atom. The van der Waals surface area contributed by atoms with Gasteiger partial charge in [-0.3, -0.25) is 0 Å². The zero-order valence-corrected chi connectivity index (χ0v) is 12.9. The van der Waals surface area contributed by atoms with Crippen LogP contribution >= 0.6 is 11.8 Å². The van der Waals surface area contributed by atoms with Gasteiger partial charge in [-0.05, 0) is 21.5 Å². The Labute approximate surface area is 134 Å². The second kappa shape index (κ2) is 4.66. The van der Waals surface area contributed by atoms with Crippen LogP contribution in [-0.4, -0.2) is 7.28 Å². The lowest BCUT2D eigenvalue weighted by Crippen LogP contribution is -2.33. The van der Waals surface area contributed by atoms with Gasteiger partial charge in [0.15, 0.2) is 7.28 Å². The van der Waals surface area contributed by atoms with Crippen molar-refractivity contribution >= 4 is 51.5 Å². The molecule has 0 fully saturated rings. The third-order valence-corrected chi connectivity index (χ3v) is 5.88. The molecule has 0 N–H and O–H groups in total. The predicted octanol–water partition coefficient (Wildman–Crippen LogP) is 3.84. The summed E-state index contributed by atoms with van der Waals surface area (Å²) in [7, 11) is 1.04. The minimum atomic E-state index is 1.04.